The number of hydrogen-bond acceptors (Lipinski definition) is 4. The van der Waals surface area contributed by atoms with Crippen LogP contribution in [-0.2, 0) is 0 Å². The molecule has 0 aliphatic heterocycles. The summed E-state index contributed by atoms with van der Waals surface area (Å²) in [6.45, 7) is 2.43. The highest BCUT2D eigenvalue weighted by molar-refractivity contribution is 7.08. The highest BCUT2D eigenvalue weighted by Crippen LogP contribution is 2.23. The van der Waals surface area contributed by atoms with Crippen LogP contribution < -0.4 is 15.8 Å². The molecule has 94 valence electrons. The fourth-order valence-electron chi connectivity index (χ4n) is 1.52. The predicted octanol–water partition coefficient (Wildman–Crippen LogP) is 2.98. The molecule has 0 unspecified atom stereocenters. The third-order valence-electron chi connectivity index (χ3n) is 2.35. The van der Waals surface area contributed by atoms with Gasteiger partial charge in [-0.2, -0.15) is 11.3 Å². The molecule has 3 N–H and O–H groups in total. The minimum Gasteiger partial charge on any atom is -0.492 e. The molecule has 0 aliphatic rings. The Labute approximate surface area is 109 Å². The summed E-state index contributed by atoms with van der Waals surface area (Å²) in [5.74, 6) is 0.424. The number of nitrogens with two attached hydrogens (primary N) is 1. The Kier molecular flexibility index (Phi) is 3.84. The lowest BCUT2D eigenvalue weighted by Crippen LogP contribution is -2.11. The summed E-state index contributed by atoms with van der Waals surface area (Å²) < 4.78 is 5.32. The first-order valence-electron chi connectivity index (χ1n) is 5.56. The van der Waals surface area contributed by atoms with Crippen LogP contribution in [0.5, 0.6) is 5.75 Å². The molecule has 1 aromatic carbocycles. The zero-order valence-corrected chi connectivity index (χ0v) is 10.8. The first kappa shape index (κ1) is 12.4. The van der Waals surface area contributed by atoms with E-state index in [0.717, 1.165) is 5.69 Å². The summed E-state index contributed by atoms with van der Waals surface area (Å²) in [7, 11) is 0. The van der Waals surface area contributed by atoms with Crippen LogP contribution in [0.2, 0.25) is 0 Å². The number of ether oxygens (including phenoxy) is 1. The molecule has 0 fully saturated rings. The van der Waals surface area contributed by atoms with Gasteiger partial charge in [0.25, 0.3) is 5.91 Å². The van der Waals surface area contributed by atoms with Crippen LogP contribution in [-0.4, -0.2) is 12.5 Å². The van der Waals surface area contributed by atoms with E-state index in [1.165, 1.54) is 11.3 Å². The second-order valence-corrected chi connectivity index (χ2v) is 4.43. The molecule has 1 amide bonds. The van der Waals surface area contributed by atoms with Gasteiger partial charge in [0.05, 0.1) is 18.0 Å². The number of nitrogens with one attached hydrogen (secondary N) is 1. The molecule has 0 radical (unpaired) electrons. The molecule has 18 heavy (non-hydrogen) atoms. The smallest absolute Gasteiger partial charge is 0.255 e. The summed E-state index contributed by atoms with van der Waals surface area (Å²) in [6.07, 6.45) is 0. The Morgan fingerprint density at radius 1 is 1.44 bits per heavy atom. The van der Waals surface area contributed by atoms with Gasteiger partial charge in [0.1, 0.15) is 5.75 Å². The van der Waals surface area contributed by atoms with Gasteiger partial charge in [0.2, 0.25) is 0 Å². The van der Waals surface area contributed by atoms with E-state index in [0.29, 0.717) is 23.6 Å². The largest absolute Gasteiger partial charge is 0.492 e. The Balaban J connectivity index is 2.13. The van der Waals surface area contributed by atoms with Crippen molar-refractivity contribution in [1.29, 1.82) is 0 Å². The van der Waals surface area contributed by atoms with Gasteiger partial charge in [-0.25, -0.2) is 0 Å². The maximum absolute atomic E-state index is 11.9. The number of rotatable bonds is 4. The highest BCUT2D eigenvalue weighted by atomic mass is 32.1. The standard InChI is InChI=1S/C13H14N2O2S/c1-2-17-12-4-3-9(7-11(12)14)13(16)15-10-5-6-18-8-10/h3-8H,2,14H2,1H3,(H,15,16). The number of thiophene rings is 1. The molecule has 0 aliphatic carbocycles. The van der Waals surface area contributed by atoms with Gasteiger partial charge in [0.15, 0.2) is 0 Å². The normalized spacial score (nSPS) is 10.1. The van der Waals surface area contributed by atoms with Crippen molar-refractivity contribution in [2.45, 2.75) is 6.92 Å². The zero-order valence-electron chi connectivity index (χ0n) is 9.97. The van der Waals surface area contributed by atoms with Crippen LogP contribution in [0.15, 0.2) is 35.0 Å². The van der Waals surface area contributed by atoms with E-state index in [1.807, 2.05) is 23.8 Å². The highest BCUT2D eigenvalue weighted by Gasteiger charge is 2.09. The Hall–Kier alpha value is -2.01. The van der Waals surface area contributed by atoms with Gasteiger partial charge in [-0.1, -0.05) is 0 Å². The van der Waals surface area contributed by atoms with Crippen molar-refractivity contribution >= 4 is 28.6 Å². The number of carbonyl (C=O) groups excluding carboxylic acids is 1. The Bertz CT molecular complexity index is 538. The van der Waals surface area contributed by atoms with E-state index >= 15 is 0 Å². The Morgan fingerprint density at radius 2 is 2.28 bits per heavy atom. The van der Waals surface area contributed by atoms with Crippen molar-refractivity contribution in [2.24, 2.45) is 0 Å². The lowest BCUT2D eigenvalue weighted by Gasteiger charge is -2.08. The van der Waals surface area contributed by atoms with Crippen LogP contribution in [0.1, 0.15) is 17.3 Å². The van der Waals surface area contributed by atoms with E-state index in [4.69, 9.17) is 10.5 Å². The molecule has 5 heteroatoms. The first-order valence-corrected chi connectivity index (χ1v) is 6.51. The summed E-state index contributed by atoms with van der Waals surface area (Å²) in [4.78, 5) is 11.9. The van der Waals surface area contributed by atoms with Gasteiger partial charge in [-0.3, -0.25) is 4.79 Å². The molecule has 1 aromatic heterocycles. The summed E-state index contributed by atoms with van der Waals surface area (Å²) in [5.41, 5.74) is 7.59. The third kappa shape index (κ3) is 2.81. The van der Waals surface area contributed by atoms with Crippen LogP contribution in [0, 0.1) is 0 Å². The lowest BCUT2D eigenvalue weighted by atomic mass is 10.1. The molecule has 2 aromatic rings. The number of nitrogen functional groups attached to an aromatic ring is 1. The molecule has 2 rings (SSSR count). The van der Waals surface area contributed by atoms with E-state index in [1.54, 1.807) is 18.2 Å². The van der Waals surface area contributed by atoms with E-state index in [9.17, 15) is 4.79 Å². The number of amides is 1. The fraction of sp³-hybridized carbons (Fsp3) is 0.154. The summed E-state index contributed by atoms with van der Waals surface area (Å²) in [6, 6.07) is 6.87. The molecule has 0 bridgehead atoms. The molecule has 4 nitrogen and oxygen atoms in total. The topological polar surface area (TPSA) is 64.3 Å². The minimum atomic E-state index is -0.178. The molecule has 1 heterocycles. The van der Waals surface area contributed by atoms with Crippen molar-refractivity contribution in [3.05, 3.63) is 40.6 Å². The van der Waals surface area contributed by atoms with Gasteiger partial charge in [-0.15, -0.1) is 0 Å². The van der Waals surface area contributed by atoms with Crippen molar-refractivity contribution in [1.82, 2.24) is 0 Å². The number of hydrogen-bond donors (Lipinski definition) is 2. The van der Waals surface area contributed by atoms with Crippen molar-refractivity contribution in [2.75, 3.05) is 17.7 Å². The van der Waals surface area contributed by atoms with E-state index < -0.39 is 0 Å². The zero-order chi connectivity index (χ0) is 13.0. The summed E-state index contributed by atoms with van der Waals surface area (Å²) >= 11 is 1.53. The average Bonchev–Trinajstić information content (AvgIpc) is 2.84. The minimum absolute atomic E-state index is 0.178. The second-order valence-electron chi connectivity index (χ2n) is 3.65. The number of benzene rings is 1. The third-order valence-corrected chi connectivity index (χ3v) is 3.03. The first-order chi connectivity index (χ1) is 8.70. The lowest BCUT2D eigenvalue weighted by molar-refractivity contribution is 0.102. The molecular formula is C13H14N2O2S. The molecule has 0 saturated heterocycles. The number of anilines is 2. The van der Waals surface area contributed by atoms with Gasteiger partial charge in [-0.05, 0) is 36.6 Å². The van der Waals surface area contributed by atoms with E-state index in [-0.39, 0.29) is 5.91 Å². The van der Waals surface area contributed by atoms with Gasteiger partial charge in [0, 0.05) is 10.9 Å². The van der Waals surface area contributed by atoms with Crippen molar-refractivity contribution < 1.29 is 9.53 Å². The van der Waals surface area contributed by atoms with Crippen LogP contribution in [0.25, 0.3) is 0 Å². The predicted molar refractivity (Wildman–Crippen MR) is 74.3 cm³/mol. The van der Waals surface area contributed by atoms with E-state index in [2.05, 4.69) is 5.32 Å². The molecular weight excluding hydrogens is 248 g/mol. The average molecular weight is 262 g/mol. The van der Waals surface area contributed by atoms with Crippen LogP contribution in [0.4, 0.5) is 11.4 Å². The maximum Gasteiger partial charge on any atom is 0.255 e. The summed E-state index contributed by atoms with van der Waals surface area (Å²) in [5, 5.41) is 6.57. The van der Waals surface area contributed by atoms with Gasteiger partial charge < -0.3 is 15.8 Å². The molecule has 0 spiro atoms. The number of carbonyl (C=O) groups is 1. The fourth-order valence-corrected chi connectivity index (χ4v) is 2.10. The Morgan fingerprint density at radius 3 is 2.89 bits per heavy atom. The monoisotopic (exact) mass is 262 g/mol. The van der Waals surface area contributed by atoms with Crippen LogP contribution in [0.3, 0.4) is 0 Å². The van der Waals surface area contributed by atoms with Crippen LogP contribution >= 0.6 is 11.3 Å². The quantitative estimate of drug-likeness (QED) is 0.832. The van der Waals surface area contributed by atoms with Crippen molar-refractivity contribution in [3.63, 3.8) is 0 Å². The SMILES string of the molecule is CCOc1ccc(C(=O)Nc2ccsc2)cc1N. The second kappa shape index (κ2) is 5.55. The van der Waals surface area contributed by atoms with Crippen molar-refractivity contribution in [3.8, 4) is 5.75 Å². The molecule has 0 atom stereocenters. The molecule has 0 saturated carbocycles. The maximum atomic E-state index is 11.9. The van der Waals surface area contributed by atoms with Gasteiger partial charge >= 0.3 is 0 Å².